The Bertz CT molecular complexity index is 701. The molecule has 0 aliphatic heterocycles. The van der Waals surface area contributed by atoms with E-state index < -0.39 is 0 Å². The minimum absolute atomic E-state index is 0.0115. The van der Waals surface area contributed by atoms with Crippen molar-refractivity contribution >= 4 is 22.5 Å². The summed E-state index contributed by atoms with van der Waals surface area (Å²) in [6, 6.07) is 5.62. The maximum atomic E-state index is 11.8. The standard InChI is InChI=1S/C16H20N2O2/c1-4-5-6-15(19)17-12-7-8-13-10(2)11(3)16(20)18-14(13)9-12/h7-9H,4-6H2,1-3H3,(H,17,19)(H,18,20). The number of hydrogen-bond acceptors (Lipinski definition) is 2. The second-order valence-electron chi connectivity index (χ2n) is 5.12. The van der Waals surface area contributed by atoms with Gasteiger partial charge in [-0.15, -0.1) is 0 Å². The summed E-state index contributed by atoms with van der Waals surface area (Å²) in [5.74, 6) is 0.0115. The van der Waals surface area contributed by atoms with Crippen molar-refractivity contribution in [2.45, 2.75) is 40.0 Å². The summed E-state index contributed by atoms with van der Waals surface area (Å²) in [5.41, 5.74) is 3.11. The molecule has 1 aromatic carbocycles. The molecule has 0 unspecified atom stereocenters. The highest BCUT2D eigenvalue weighted by Crippen LogP contribution is 2.21. The third-order valence-corrected chi connectivity index (χ3v) is 3.62. The first kappa shape index (κ1) is 14.3. The Labute approximate surface area is 118 Å². The summed E-state index contributed by atoms with van der Waals surface area (Å²) < 4.78 is 0. The maximum Gasteiger partial charge on any atom is 0.251 e. The average Bonchev–Trinajstić information content (AvgIpc) is 2.42. The zero-order chi connectivity index (χ0) is 14.7. The van der Waals surface area contributed by atoms with Gasteiger partial charge in [0.25, 0.3) is 5.56 Å². The molecule has 0 aliphatic rings. The van der Waals surface area contributed by atoms with E-state index in [9.17, 15) is 9.59 Å². The van der Waals surface area contributed by atoms with E-state index in [-0.39, 0.29) is 11.5 Å². The Morgan fingerprint density at radius 2 is 2.00 bits per heavy atom. The first-order valence-corrected chi connectivity index (χ1v) is 6.96. The molecule has 4 heteroatoms. The fourth-order valence-corrected chi connectivity index (χ4v) is 2.20. The number of anilines is 1. The van der Waals surface area contributed by atoms with Crippen LogP contribution in [0.1, 0.15) is 37.3 Å². The molecule has 1 heterocycles. The normalized spacial score (nSPS) is 10.8. The average molecular weight is 272 g/mol. The number of nitrogens with one attached hydrogen (secondary N) is 2. The molecule has 2 rings (SSSR count). The molecule has 0 aliphatic carbocycles. The molecule has 0 atom stereocenters. The molecule has 0 bridgehead atoms. The van der Waals surface area contributed by atoms with Gasteiger partial charge in [-0.05, 0) is 38.0 Å². The number of H-pyrrole nitrogens is 1. The number of carbonyl (C=O) groups is 1. The van der Waals surface area contributed by atoms with E-state index in [2.05, 4.69) is 17.2 Å². The quantitative estimate of drug-likeness (QED) is 0.897. The van der Waals surface area contributed by atoms with Crippen LogP contribution in [0.25, 0.3) is 10.9 Å². The number of hydrogen-bond donors (Lipinski definition) is 2. The van der Waals surface area contributed by atoms with Crippen LogP contribution in [0.15, 0.2) is 23.0 Å². The minimum Gasteiger partial charge on any atom is -0.326 e. The summed E-state index contributed by atoms with van der Waals surface area (Å²) in [6.45, 7) is 5.81. The van der Waals surface area contributed by atoms with Crippen molar-refractivity contribution in [1.29, 1.82) is 0 Å². The van der Waals surface area contributed by atoms with E-state index in [4.69, 9.17) is 0 Å². The van der Waals surface area contributed by atoms with E-state index in [0.717, 1.165) is 40.6 Å². The first-order chi connectivity index (χ1) is 9.52. The van der Waals surface area contributed by atoms with E-state index in [1.54, 1.807) is 0 Å². The lowest BCUT2D eigenvalue weighted by atomic mass is 10.1. The molecule has 2 N–H and O–H groups in total. The number of fused-ring (bicyclic) bond motifs is 1. The zero-order valence-corrected chi connectivity index (χ0v) is 12.2. The van der Waals surface area contributed by atoms with E-state index in [1.165, 1.54) is 0 Å². The number of amides is 1. The van der Waals surface area contributed by atoms with Crippen molar-refractivity contribution in [3.8, 4) is 0 Å². The third kappa shape index (κ3) is 2.90. The molecule has 0 radical (unpaired) electrons. The monoisotopic (exact) mass is 272 g/mol. The maximum absolute atomic E-state index is 11.8. The summed E-state index contributed by atoms with van der Waals surface area (Å²) in [6.07, 6.45) is 2.41. The Kier molecular flexibility index (Phi) is 4.23. The highest BCUT2D eigenvalue weighted by atomic mass is 16.1. The van der Waals surface area contributed by atoms with Crippen LogP contribution < -0.4 is 10.9 Å². The molecule has 20 heavy (non-hydrogen) atoms. The van der Waals surface area contributed by atoms with Crippen LogP contribution in [0.5, 0.6) is 0 Å². The van der Waals surface area contributed by atoms with Gasteiger partial charge in [0.1, 0.15) is 0 Å². The van der Waals surface area contributed by atoms with Crippen molar-refractivity contribution in [1.82, 2.24) is 4.98 Å². The number of aromatic nitrogens is 1. The second-order valence-corrected chi connectivity index (χ2v) is 5.12. The molecule has 1 aromatic heterocycles. The van der Waals surface area contributed by atoms with E-state index >= 15 is 0 Å². The summed E-state index contributed by atoms with van der Waals surface area (Å²) in [7, 11) is 0. The van der Waals surface area contributed by atoms with Crippen LogP contribution in [0.3, 0.4) is 0 Å². The van der Waals surface area contributed by atoms with Crippen molar-refractivity contribution in [3.63, 3.8) is 0 Å². The number of aromatic amines is 1. The second kappa shape index (κ2) is 5.90. The lowest BCUT2D eigenvalue weighted by molar-refractivity contribution is -0.116. The number of carbonyl (C=O) groups excluding carboxylic acids is 1. The zero-order valence-electron chi connectivity index (χ0n) is 12.2. The van der Waals surface area contributed by atoms with Crippen LogP contribution in [0.4, 0.5) is 5.69 Å². The molecule has 0 saturated heterocycles. The van der Waals surface area contributed by atoms with Crippen LogP contribution in [-0.4, -0.2) is 10.9 Å². The molecule has 0 spiro atoms. The molecule has 1 amide bonds. The highest BCUT2D eigenvalue weighted by Gasteiger charge is 2.07. The summed E-state index contributed by atoms with van der Waals surface area (Å²) >= 11 is 0. The van der Waals surface area contributed by atoms with Gasteiger partial charge >= 0.3 is 0 Å². The molecular formula is C16H20N2O2. The third-order valence-electron chi connectivity index (χ3n) is 3.62. The van der Waals surface area contributed by atoms with Crippen LogP contribution in [0, 0.1) is 13.8 Å². The Balaban J connectivity index is 2.32. The lowest BCUT2D eigenvalue weighted by Crippen LogP contribution is -2.13. The Morgan fingerprint density at radius 3 is 2.70 bits per heavy atom. The molecule has 0 saturated carbocycles. The predicted octanol–water partition coefficient (Wildman–Crippen LogP) is 3.27. The Hall–Kier alpha value is -2.10. The molecular weight excluding hydrogens is 252 g/mol. The van der Waals surface area contributed by atoms with Gasteiger partial charge in [-0.2, -0.15) is 0 Å². The number of rotatable bonds is 4. The van der Waals surface area contributed by atoms with Gasteiger partial charge in [0, 0.05) is 23.1 Å². The van der Waals surface area contributed by atoms with Crippen LogP contribution >= 0.6 is 0 Å². The van der Waals surface area contributed by atoms with Gasteiger partial charge in [0.2, 0.25) is 5.91 Å². The fraction of sp³-hybridized carbons (Fsp3) is 0.375. The minimum atomic E-state index is -0.0792. The van der Waals surface area contributed by atoms with Crippen molar-refractivity contribution in [2.75, 3.05) is 5.32 Å². The van der Waals surface area contributed by atoms with Gasteiger partial charge in [-0.1, -0.05) is 19.4 Å². The van der Waals surface area contributed by atoms with Crippen molar-refractivity contribution in [3.05, 3.63) is 39.7 Å². The van der Waals surface area contributed by atoms with Gasteiger partial charge in [-0.3, -0.25) is 9.59 Å². The Morgan fingerprint density at radius 1 is 1.25 bits per heavy atom. The van der Waals surface area contributed by atoms with Crippen molar-refractivity contribution < 1.29 is 4.79 Å². The van der Waals surface area contributed by atoms with Gasteiger partial charge < -0.3 is 10.3 Å². The van der Waals surface area contributed by atoms with Crippen LogP contribution in [0.2, 0.25) is 0 Å². The number of unbranched alkanes of at least 4 members (excludes halogenated alkanes) is 1. The van der Waals surface area contributed by atoms with E-state index in [1.807, 2.05) is 32.0 Å². The smallest absolute Gasteiger partial charge is 0.251 e. The highest BCUT2D eigenvalue weighted by molar-refractivity contribution is 5.94. The van der Waals surface area contributed by atoms with Crippen molar-refractivity contribution in [2.24, 2.45) is 0 Å². The summed E-state index contributed by atoms with van der Waals surface area (Å²) in [5, 5.41) is 3.87. The lowest BCUT2D eigenvalue weighted by Gasteiger charge is -2.09. The summed E-state index contributed by atoms with van der Waals surface area (Å²) in [4.78, 5) is 26.3. The first-order valence-electron chi connectivity index (χ1n) is 6.96. The number of aryl methyl sites for hydroxylation is 1. The SMILES string of the molecule is CCCCC(=O)Nc1ccc2c(C)c(C)c(=O)[nH]c2c1. The molecule has 0 fully saturated rings. The van der Waals surface area contributed by atoms with Gasteiger partial charge in [0.05, 0.1) is 5.52 Å². The molecule has 4 nitrogen and oxygen atoms in total. The van der Waals surface area contributed by atoms with Gasteiger partial charge in [0.15, 0.2) is 0 Å². The molecule has 2 aromatic rings. The van der Waals surface area contributed by atoms with E-state index in [0.29, 0.717) is 6.42 Å². The topological polar surface area (TPSA) is 62.0 Å². The van der Waals surface area contributed by atoms with Crippen LogP contribution in [-0.2, 0) is 4.79 Å². The van der Waals surface area contributed by atoms with Gasteiger partial charge in [-0.25, -0.2) is 0 Å². The molecule has 106 valence electrons. The number of benzene rings is 1. The fourth-order valence-electron chi connectivity index (χ4n) is 2.20. The largest absolute Gasteiger partial charge is 0.326 e. The number of pyridine rings is 1. The predicted molar refractivity (Wildman–Crippen MR) is 82.2 cm³/mol.